The third-order valence-corrected chi connectivity index (χ3v) is 1.98. The van der Waals surface area contributed by atoms with E-state index in [-0.39, 0.29) is 0 Å². The van der Waals surface area contributed by atoms with Gasteiger partial charge in [-0.3, -0.25) is 5.32 Å². The molecule has 0 heterocycles. The number of anilines is 1. The Balaban J connectivity index is 2.59. The molecule has 5 heteroatoms. The number of hydrogen-bond donors (Lipinski definition) is 1. The summed E-state index contributed by atoms with van der Waals surface area (Å²) >= 11 is 5.53. The van der Waals surface area contributed by atoms with Crippen LogP contribution in [0.1, 0.15) is 20.8 Å². The van der Waals surface area contributed by atoms with E-state index in [0.717, 1.165) is 0 Å². The highest BCUT2D eigenvalue weighted by atomic mass is 35.5. The van der Waals surface area contributed by atoms with Crippen LogP contribution in [0.25, 0.3) is 0 Å². The molecular weight excluding hydrogens is 254 g/mol. The Morgan fingerprint density at radius 3 is 2.72 bits per heavy atom. The first-order valence-corrected chi connectivity index (χ1v) is 6.23. The maximum absolute atomic E-state index is 11.6. The van der Waals surface area contributed by atoms with Gasteiger partial charge < -0.3 is 9.47 Å². The fraction of sp³-hybridized carbons (Fsp3) is 0.462. The SMILES string of the molecule is CC(C)(C)OC(=O)Nc1cccc(OCCCl)c1. The van der Waals surface area contributed by atoms with Crippen molar-refractivity contribution < 1.29 is 14.3 Å². The van der Waals surface area contributed by atoms with Crippen molar-refractivity contribution in [3.63, 3.8) is 0 Å². The van der Waals surface area contributed by atoms with Crippen LogP contribution in [0.2, 0.25) is 0 Å². The molecule has 4 nitrogen and oxygen atoms in total. The standard InChI is InChI=1S/C13H18ClNO3/c1-13(2,3)18-12(16)15-10-5-4-6-11(9-10)17-8-7-14/h4-6,9H,7-8H2,1-3H3,(H,15,16). The van der Waals surface area contributed by atoms with E-state index in [4.69, 9.17) is 21.1 Å². The van der Waals surface area contributed by atoms with Gasteiger partial charge in [0.2, 0.25) is 0 Å². The molecule has 0 aliphatic heterocycles. The minimum atomic E-state index is -0.517. The van der Waals surface area contributed by atoms with Crippen molar-refractivity contribution in [2.45, 2.75) is 26.4 Å². The summed E-state index contributed by atoms with van der Waals surface area (Å²) in [5.41, 5.74) is 0.105. The third kappa shape index (κ3) is 5.77. The van der Waals surface area contributed by atoms with Gasteiger partial charge in [0, 0.05) is 11.8 Å². The van der Waals surface area contributed by atoms with Crippen molar-refractivity contribution in [3.05, 3.63) is 24.3 Å². The Kier molecular flexibility index (Phi) is 5.28. The maximum Gasteiger partial charge on any atom is 0.412 e. The molecule has 0 atom stereocenters. The van der Waals surface area contributed by atoms with Crippen molar-refractivity contribution in [3.8, 4) is 5.75 Å². The highest BCUT2D eigenvalue weighted by Crippen LogP contribution is 2.18. The van der Waals surface area contributed by atoms with Crippen molar-refractivity contribution in [2.75, 3.05) is 17.8 Å². The summed E-state index contributed by atoms with van der Waals surface area (Å²) in [7, 11) is 0. The number of carbonyl (C=O) groups excluding carboxylic acids is 1. The highest BCUT2D eigenvalue weighted by Gasteiger charge is 2.16. The average Bonchev–Trinajstić information content (AvgIpc) is 2.24. The second-order valence-corrected chi connectivity index (χ2v) is 5.07. The molecule has 1 rings (SSSR count). The van der Waals surface area contributed by atoms with E-state index in [1.165, 1.54) is 0 Å². The molecule has 0 fully saturated rings. The monoisotopic (exact) mass is 271 g/mol. The summed E-state index contributed by atoms with van der Waals surface area (Å²) in [4.78, 5) is 11.6. The molecule has 0 spiro atoms. The molecule has 100 valence electrons. The van der Waals surface area contributed by atoms with Gasteiger partial charge in [-0.25, -0.2) is 4.79 Å². The van der Waals surface area contributed by atoms with E-state index in [0.29, 0.717) is 23.9 Å². The smallest absolute Gasteiger partial charge is 0.412 e. The summed E-state index contributed by atoms with van der Waals surface area (Å²) in [6.45, 7) is 5.86. The lowest BCUT2D eigenvalue weighted by molar-refractivity contribution is 0.0636. The van der Waals surface area contributed by atoms with Crippen LogP contribution in [0.5, 0.6) is 5.75 Å². The van der Waals surface area contributed by atoms with Gasteiger partial charge in [0.25, 0.3) is 0 Å². The van der Waals surface area contributed by atoms with E-state index in [2.05, 4.69) is 5.32 Å². The lowest BCUT2D eigenvalue weighted by atomic mass is 10.2. The number of ether oxygens (including phenoxy) is 2. The van der Waals surface area contributed by atoms with Crippen LogP contribution in [0.15, 0.2) is 24.3 Å². The zero-order valence-electron chi connectivity index (χ0n) is 10.8. The Labute approximate surface area is 112 Å². The number of rotatable bonds is 4. The number of nitrogens with one attached hydrogen (secondary N) is 1. The maximum atomic E-state index is 11.6. The van der Waals surface area contributed by atoms with Crippen LogP contribution in [0, 0.1) is 0 Å². The molecule has 0 unspecified atom stereocenters. The lowest BCUT2D eigenvalue weighted by Crippen LogP contribution is -2.27. The number of amides is 1. The Bertz CT molecular complexity index is 401. The van der Waals surface area contributed by atoms with Crippen LogP contribution in [-0.4, -0.2) is 24.2 Å². The molecular formula is C13H18ClNO3. The summed E-state index contributed by atoms with van der Waals surface area (Å²) in [5, 5.41) is 2.64. The minimum absolute atomic E-state index is 0.420. The van der Waals surface area contributed by atoms with Crippen molar-refractivity contribution in [1.82, 2.24) is 0 Å². The minimum Gasteiger partial charge on any atom is -0.492 e. The van der Waals surface area contributed by atoms with Gasteiger partial charge in [-0.2, -0.15) is 0 Å². The topological polar surface area (TPSA) is 47.6 Å². The zero-order chi connectivity index (χ0) is 13.6. The molecule has 0 saturated carbocycles. The fourth-order valence-electron chi connectivity index (χ4n) is 1.24. The number of hydrogen-bond acceptors (Lipinski definition) is 3. The summed E-state index contributed by atoms with van der Waals surface area (Å²) < 4.78 is 10.5. The molecule has 0 saturated heterocycles. The van der Waals surface area contributed by atoms with Crippen molar-refractivity contribution in [1.29, 1.82) is 0 Å². The van der Waals surface area contributed by atoms with Crippen molar-refractivity contribution in [2.24, 2.45) is 0 Å². The quantitative estimate of drug-likeness (QED) is 0.851. The number of carbonyl (C=O) groups is 1. The fourth-order valence-corrected chi connectivity index (χ4v) is 1.32. The molecule has 0 aliphatic carbocycles. The zero-order valence-corrected chi connectivity index (χ0v) is 11.6. The van der Waals surface area contributed by atoms with Gasteiger partial charge in [0.1, 0.15) is 18.0 Å². The number of halogens is 1. The molecule has 0 aromatic heterocycles. The first-order valence-electron chi connectivity index (χ1n) is 5.69. The lowest BCUT2D eigenvalue weighted by Gasteiger charge is -2.19. The van der Waals surface area contributed by atoms with Crippen LogP contribution < -0.4 is 10.1 Å². The molecule has 1 aromatic rings. The van der Waals surface area contributed by atoms with Gasteiger partial charge in [0.15, 0.2) is 0 Å². The van der Waals surface area contributed by atoms with Crippen LogP contribution in [0.4, 0.5) is 10.5 Å². The normalized spacial score (nSPS) is 10.9. The number of alkyl halides is 1. The van der Waals surface area contributed by atoms with Crippen LogP contribution in [-0.2, 0) is 4.74 Å². The first-order chi connectivity index (χ1) is 8.40. The summed E-state index contributed by atoms with van der Waals surface area (Å²) in [6.07, 6.45) is -0.489. The van der Waals surface area contributed by atoms with Gasteiger partial charge in [0.05, 0.1) is 5.88 Å². The van der Waals surface area contributed by atoms with E-state index in [1.54, 1.807) is 24.3 Å². The van der Waals surface area contributed by atoms with Crippen LogP contribution >= 0.6 is 11.6 Å². The number of benzene rings is 1. The van der Waals surface area contributed by atoms with E-state index >= 15 is 0 Å². The molecule has 1 aromatic carbocycles. The summed E-state index contributed by atoms with van der Waals surface area (Å²) in [6, 6.07) is 7.07. The van der Waals surface area contributed by atoms with Gasteiger partial charge >= 0.3 is 6.09 Å². The molecule has 1 amide bonds. The predicted molar refractivity (Wildman–Crippen MR) is 72.5 cm³/mol. The molecule has 1 N–H and O–H groups in total. The van der Waals surface area contributed by atoms with E-state index in [1.807, 2.05) is 20.8 Å². The van der Waals surface area contributed by atoms with Crippen LogP contribution in [0.3, 0.4) is 0 Å². The molecule has 0 bridgehead atoms. The predicted octanol–water partition coefficient (Wildman–Crippen LogP) is 3.65. The Hall–Kier alpha value is -1.42. The second-order valence-electron chi connectivity index (χ2n) is 4.69. The third-order valence-electron chi connectivity index (χ3n) is 1.83. The molecule has 0 radical (unpaired) electrons. The van der Waals surface area contributed by atoms with Crippen molar-refractivity contribution >= 4 is 23.4 Å². The second kappa shape index (κ2) is 6.50. The molecule has 18 heavy (non-hydrogen) atoms. The largest absolute Gasteiger partial charge is 0.492 e. The highest BCUT2D eigenvalue weighted by molar-refractivity contribution is 6.18. The van der Waals surface area contributed by atoms with Gasteiger partial charge in [-0.05, 0) is 32.9 Å². The van der Waals surface area contributed by atoms with E-state index in [9.17, 15) is 4.79 Å². The summed E-state index contributed by atoms with van der Waals surface area (Å²) in [5.74, 6) is 1.08. The Morgan fingerprint density at radius 2 is 2.11 bits per heavy atom. The average molecular weight is 272 g/mol. The van der Waals surface area contributed by atoms with E-state index < -0.39 is 11.7 Å². The molecule has 0 aliphatic rings. The van der Waals surface area contributed by atoms with Gasteiger partial charge in [-0.15, -0.1) is 11.6 Å². The van der Waals surface area contributed by atoms with Gasteiger partial charge in [-0.1, -0.05) is 6.07 Å². The Morgan fingerprint density at radius 1 is 1.39 bits per heavy atom. The first kappa shape index (κ1) is 14.6.